The fourth-order valence-corrected chi connectivity index (χ4v) is 4.24. The van der Waals surface area contributed by atoms with Crippen molar-refractivity contribution in [2.24, 2.45) is 0 Å². The molecule has 0 N–H and O–H groups in total. The van der Waals surface area contributed by atoms with Crippen LogP contribution in [0.25, 0.3) is 21.1 Å². The van der Waals surface area contributed by atoms with Gasteiger partial charge in [0.15, 0.2) is 4.34 Å². The molecule has 4 rings (SSSR count). The van der Waals surface area contributed by atoms with E-state index in [1.54, 1.807) is 23.5 Å². The summed E-state index contributed by atoms with van der Waals surface area (Å²) < 4.78 is 3.28. The number of aromatic nitrogens is 4. The molecule has 0 aliphatic rings. The largest absolute Gasteiger partial charge is 0.278 e. The van der Waals surface area contributed by atoms with Crippen LogP contribution in [-0.4, -0.2) is 20.0 Å². The third-order valence-corrected chi connectivity index (χ3v) is 5.65. The first-order valence-electron chi connectivity index (χ1n) is 6.72. The van der Waals surface area contributed by atoms with Gasteiger partial charge < -0.3 is 0 Å². The Morgan fingerprint density at radius 3 is 2.96 bits per heavy atom. The van der Waals surface area contributed by atoms with Gasteiger partial charge in [-0.3, -0.25) is 4.79 Å². The highest BCUT2D eigenvalue weighted by molar-refractivity contribution is 8.00. The average molecular weight is 361 g/mol. The lowest BCUT2D eigenvalue weighted by Gasteiger charge is -2.02. The van der Waals surface area contributed by atoms with Gasteiger partial charge in [-0.05, 0) is 30.3 Å². The van der Waals surface area contributed by atoms with Crippen LogP contribution in [0, 0.1) is 0 Å². The summed E-state index contributed by atoms with van der Waals surface area (Å²) >= 11 is 8.99. The number of thioether (sulfide) groups is 1. The molecule has 4 aromatic rings. The van der Waals surface area contributed by atoms with Gasteiger partial charge in [0.1, 0.15) is 5.52 Å². The zero-order valence-electron chi connectivity index (χ0n) is 11.6. The van der Waals surface area contributed by atoms with Crippen LogP contribution in [0.2, 0.25) is 5.02 Å². The summed E-state index contributed by atoms with van der Waals surface area (Å²) in [5.74, 6) is 0.365. The van der Waals surface area contributed by atoms with E-state index in [-0.39, 0.29) is 5.56 Å². The Balaban J connectivity index is 1.63. The maximum atomic E-state index is 12.4. The predicted molar refractivity (Wildman–Crippen MR) is 94.3 cm³/mol. The molecule has 2 aromatic heterocycles. The van der Waals surface area contributed by atoms with E-state index in [2.05, 4.69) is 15.3 Å². The topological polar surface area (TPSA) is 60.7 Å². The van der Waals surface area contributed by atoms with E-state index in [9.17, 15) is 4.79 Å². The zero-order chi connectivity index (χ0) is 15.8. The van der Waals surface area contributed by atoms with E-state index in [0.717, 1.165) is 14.6 Å². The molecule has 0 atom stereocenters. The molecule has 0 fully saturated rings. The lowest BCUT2D eigenvalue weighted by Crippen LogP contribution is -2.23. The molecular weight excluding hydrogens is 352 g/mol. The average Bonchev–Trinajstić information content (AvgIpc) is 2.96. The Morgan fingerprint density at radius 1 is 1.17 bits per heavy atom. The quantitative estimate of drug-likeness (QED) is 0.520. The number of hydrogen-bond donors (Lipinski definition) is 0. The highest BCUT2D eigenvalue weighted by Crippen LogP contribution is 2.31. The molecule has 0 saturated carbocycles. The van der Waals surface area contributed by atoms with Crippen LogP contribution < -0.4 is 5.56 Å². The minimum absolute atomic E-state index is 0.146. The van der Waals surface area contributed by atoms with Gasteiger partial charge in [0.05, 0.1) is 21.5 Å². The van der Waals surface area contributed by atoms with Gasteiger partial charge in [-0.1, -0.05) is 40.7 Å². The van der Waals surface area contributed by atoms with Crippen molar-refractivity contribution in [1.29, 1.82) is 0 Å². The number of benzene rings is 2. The van der Waals surface area contributed by atoms with Crippen molar-refractivity contribution in [2.45, 2.75) is 10.2 Å². The van der Waals surface area contributed by atoms with E-state index in [0.29, 0.717) is 21.8 Å². The molecule has 0 bridgehead atoms. The minimum Gasteiger partial charge on any atom is -0.267 e. The summed E-state index contributed by atoms with van der Waals surface area (Å²) in [6.45, 7) is 0. The Bertz CT molecular complexity index is 1080. The Labute approximate surface area is 143 Å². The molecule has 0 aliphatic heterocycles. The number of nitrogens with zero attached hydrogens (tertiary/aromatic N) is 4. The van der Waals surface area contributed by atoms with Crippen molar-refractivity contribution < 1.29 is 0 Å². The summed E-state index contributed by atoms with van der Waals surface area (Å²) in [4.78, 5) is 16.9. The molecule has 114 valence electrons. The lowest BCUT2D eigenvalue weighted by molar-refractivity contribution is 0.645. The fraction of sp³-hybridized carbons (Fsp3) is 0.0667. The van der Waals surface area contributed by atoms with Crippen LogP contribution in [0.1, 0.15) is 0 Å². The molecular formula is C15H9ClN4OS2. The molecule has 0 radical (unpaired) electrons. The number of halogens is 1. The maximum Gasteiger partial charge on any atom is 0.278 e. The molecule has 0 amide bonds. The first-order valence-corrected chi connectivity index (χ1v) is 8.90. The van der Waals surface area contributed by atoms with E-state index in [1.165, 1.54) is 16.4 Å². The van der Waals surface area contributed by atoms with Gasteiger partial charge in [0.2, 0.25) is 0 Å². The van der Waals surface area contributed by atoms with E-state index in [1.807, 2.05) is 30.3 Å². The van der Waals surface area contributed by atoms with Crippen molar-refractivity contribution >= 4 is 55.8 Å². The van der Waals surface area contributed by atoms with Gasteiger partial charge >= 0.3 is 0 Å². The Kier molecular flexibility index (Phi) is 3.76. The molecule has 2 heterocycles. The summed E-state index contributed by atoms with van der Waals surface area (Å²) in [6.07, 6.45) is 0. The van der Waals surface area contributed by atoms with Crippen LogP contribution in [0.5, 0.6) is 0 Å². The van der Waals surface area contributed by atoms with Gasteiger partial charge in [0.25, 0.3) is 5.56 Å². The molecule has 0 saturated heterocycles. The van der Waals surface area contributed by atoms with E-state index >= 15 is 0 Å². The number of rotatable bonds is 3. The van der Waals surface area contributed by atoms with Crippen molar-refractivity contribution in [3.63, 3.8) is 0 Å². The smallest absolute Gasteiger partial charge is 0.267 e. The van der Waals surface area contributed by atoms with Crippen LogP contribution in [-0.2, 0) is 5.88 Å². The molecule has 2 aromatic carbocycles. The molecule has 23 heavy (non-hydrogen) atoms. The molecule has 0 unspecified atom stereocenters. The third-order valence-electron chi connectivity index (χ3n) is 3.27. The number of thiazole rings is 1. The molecule has 0 spiro atoms. The summed E-state index contributed by atoms with van der Waals surface area (Å²) in [7, 11) is 0. The van der Waals surface area contributed by atoms with Gasteiger partial charge in [-0.25, -0.2) is 4.98 Å². The van der Waals surface area contributed by atoms with Gasteiger partial charge in [-0.2, -0.15) is 4.68 Å². The maximum absolute atomic E-state index is 12.4. The first-order chi connectivity index (χ1) is 11.2. The highest BCUT2D eigenvalue weighted by Gasteiger charge is 2.08. The van der Waals surface area contributed by atoms with Crippen molar-refractivity contribution in [2.75, 3.05) is 0 Å². The van der Waals surface area contributed by atoms with Gasteiger partial charge in [-0.15, -0.1) is 16.4 Å². The van der Waals surface area contributed by atoms with Crippen molar-refractivity contribution in [3.05, 3.63) is 57.8 Å². The van der Waals surface area contributed by atoms with Crippen molar-refractivity contribution in [3.8, 4) is 0 Å². The molecule has 5 nitrogen and oxygen atoms in total. The van der Waals surface area contributed by atoms with Crippen molar-refractivity contribution in [1.82, 2.24) is 20.0 Å². The first kappa shape index (κ1) is 14.6. The summed E-state index contributed by atoms with van der Waals surface area (Å²) in [5, 5.41) is 9.28. The second-order valence-electron chi connectivity index (χ2n) is 4.78. The SMILES string of the molecule is O=c1c2ccccc2nnn1CSc1nc2cc(Cl)ccc2s1. The van der Waals surface area contributed by atoms with Gasteiger partial charge in [0, 0.05) is 5.02 Å². The van der Waals surface area contributed by atoms with E-state index < -0.39 is 0 Å². The Morgan fingerprint density at radius 2 is 2.04 bits per heavy atom. The number of hydrogen-bond acceptors (Lipinski definition) is 6. The monoisotopic (exact) mass is 360 g/mol. The minimum atomic E-state index is -0.146. The van der Waals surface area contributed by atoms with Crippen LogP contribution >= 0.6 is 34.7 Å². The fourth-order valence-electron chi connectivity index (χ4n) is 2.17. The number of fused-ring (bicyclic) bond motifs is 2. The molecule has 8 heteroatoms. The molecule has 0 aliphatic carbocycles. The second kappa shape index (κ2) is 5.92. The summed E-state index contributed by atoms with van der Waals surface area (Å²) in [5.41, 5.74) is 1.32. The summed E-state index contributed by atoms with van der Waals surface area (Å²) in [6, 6.07) is 12.8. The lowest BCUT2D eigenvalue weighted by atomic mass is 10.2. The highest BCUT2D eigenvalue weighted by atomic mass is 35.5. The zero-order valence-corrected chi connectivity index (χ0v) is 14.0. The van der Waals surface area contributed by atoms with Crippen LogP contribution in [0.4, 0.5) is 0 Å². The third kappa shape index (κ3) is 2.83. The predicted octanol–water partition coefficient (Wildman–Crippen LogP) is 3.80. The second-order valence-corrected chi connectivity index (χ2v) is 7.44. The van der Waals surface area contributed by atoms with Crippen LogP contribution in [0.3, 0.4) is 0 Å². The Hall–Kier alpha value is -1.96. The standard InChI is InChI=1S/C15H9ClN4OS2/c16-9-5-6-13-12(7-9)17-15(23-13)22-8-20-14(21)10-3-1-2-4-11(10)18-19-20/h1-7H,8H2. The van der Waals surface area contributed by atoms with Crippen LogP contribution in [0.15, 0.2) is 51.6 Å². The van der Waals surface area contributed by atoms with E-state index in [4.69, 9.17) is 11.6 Å². The normalized spacial score (nSPS) is 11.3.